The van der Waals surface area contributed by atoms with Crippen molar-refractivity contribution in [3.8, 4) is 0 Å². The van der Waals surface area contributed by atoms with E-state index in [1.165, 1.54) is 77.9 Å². The fraction of sp³-hybridized carbons (Fsp3) is 0.455. The second-order valence-corrected chi connectivity index (χ2v) is 19.9. The number of hydrogen-bond donors (Lipinski definition) is 10. The maximum absolute atomic E-state index is 15.1. The molecule has 5 aliphatic rings. The molecule has 1 unspecified atom stereocenters. The molecule has 5 aliphatic heterocycles. The summed E-state index contributed by atoms with van der Waals surface area (Å²) in [5, 5.41) is 71.4. The number of aromatic carboxylic acids is 2. The molecule has 66 heavy (non-hydrogen) atoms. The lowest BCUT2D eigenvalue weighted by Gasteiger charge is -2.46. The maximum Gasteiger partial charge on any atom is 0.353 e. The molecule has 2 aromatic rings. The van der Waals surface area contributed by atoms with Gasteiger partial charge in [0.2, 0.25) is 17.7 Å². The molecule has 2 aromatic carbocycles. The highest BCUT2D eigenvalue weighted by Crippen LogP contribution is 2.52. The van der Waals surface area contributed by atoms with Crippen LogP contribution in [-0.4, -0.2) is 148 Å². The number of carboxylic acid groups (broad SMARTS) is 4. The Bertz CT molecular complexity index is 2440. The number of likely N-dealkylation sites (tertiary alicyclic amines) is 1. The van der Waals surface area contributed by atoms with E-state index in [-0.39, 0.29) is 65.1 Å². The summed E-state index contributed by atoms with van der Waals surface area (Å²) >= 11 is 2.35. The van der Waals surface area contributed by atoms with Crippen molar-refractivity contribution in [2.24, 2.45) is 23.7 Å². The topological polar surface area (TPSA) is 313 Å². The van der Waals surface area contributed by atoms with Crippen LogP contribution in [0.2, 0.25) is 0 Å². The smallest absolute Gasteiger partial charge is 0.353 e. The highest BCUT2D eigenvalue weighted by atomic mass is 32.2. The third kappa shape index (κ3) is 9.24. The van der Waals surface area contributed by atoms with Gasteiger partial charge in [-0.1, -0.05) is 26.0 Å². The molecule has 0 radical (unpaired) electrons. The Morgan fingerprint density at radius 3 is 1.91 bits per heavy atom. The Morgan fingerprint density at radius 2 is 1.36 bits per heavy atom. The van der Waals surface area contributed by atoms with E-state index in [4.69, 9.17) is 0 Å². The van der Waals surface area contributed by atoms with Crippen molar-refractivity contribution >= 4 is 82.4 Å². The van der Waals surface area contributed by atoms with Gasteiger partial charge in [0.05, 0.1) is 41.3 Å². The van der Waals surface area contributed by atoms with Crippen LogP contribution < -0.4 is 21.3 Å². The van der Waals surface area contributed by atoms with E-state index in [2.05, 4.69) is 21.3 Å². The number of carbonyl (C=O) groups is 8. The van der Waals surface area contributed by atoms with Gasteiger partial charge < -0.3 is 61.7 Å². The minimum absolute atomic E-state index is 0.0173. The van der Waals surface area contributed by atoms with Crippen molar-refractivity contribution in [3.05, 3.63) is 80.9 Å². The predicted molar refractivity (Wildman–Crippen MR) is 239 cm³/mol. The highest BCUT2D eigenvalue weighted by molar-refractivity contribution is 8.04. The molecular weight excluding hydrogens is 901 g/mol. The molecule has 5 heterocycles. The normalized spacial score (nSPS) is 28.3. The zero-order chi connectivity index (χ0) is 48.0. The number of carboxylic acids is 4. The number of carbonyl (C=O) groups excluding carboxylic acids is 4. The first-order chi connectivity index (χ1) is 31.2. The van der Waals surface area contributed by atoms with E-state index in [1.807, 2.05) is 0 Å². The zero-order valence-electron chi connectivity index (χ0n) is 36.0. The summed E-state index contributed by atoms with van der Waals surface area (Å²) in [6, 6.07) is 7.66. The van der Waals surface area contributed by atoms with Crippen LogP contribution in [0.25, 0.3) is 0 Å². The van der Waals surface area contributed by atoms with E-state index >= 15 is 4.79 Å². The van der Waals surface area contributed by atoms with Crippen LogP contribution in [0.15, 0.2) is 69.7 Å². The average Bonchev–Trinajstić information content (AvgIpc) is 4.02. The maximum atomic E-state index is 15.1. The molecule has 0 bridgehead atoms. The van der Waals surface area contributed by atoms with Crippen molar-refractivity contribution in [1.82, 2.24) is 20.4 Å². The molecule has 10 N–H and O–H groups in total. The average molecular weight is 951 g/mol. The second-order valence-electron chi connectivity index (χ2n) is 17.2. The Hall–Kier alpha value is -5.94. The first-order valence-corrected chi connectivity index (χ1v) is 23.0. The summed E-state index contributed by atoms with van der Waals surface area (Å²) in [4.78, 5) is 108. The molecule has 3 fully saturated rings. The highest BCUT2D eigenvalue weighted by Gasteiger charge is 2.60. The molecule has 3 saturated heterocycles. The Labute approximate surface area is 386 Å². The van der Waals surface area contributed by atoms with Crippen molar-refractivity contribution in [2.75, 3.05) is 23.7 Å². The van der Waals surface area contributed by atoms with Gasteiger partial charge in [0.25, 0.3) is 5.91 Å². The first-order valence-electron chi connectivity index (χ1n) is 21.2. The number of β-lactam (4-membered cyclic amide) rings is 1. The summed E-state index contributed by atoms with van der Waals surface area (Å²) in [6.45, 7) is 6.38. The van der Waals surface area contributed by atoms with E-state index in [0.717, 1.165) is 11.8 Å². The number of nitrogens with one attached hydrogen (secondary N) is 4. The molecule has 20 nitrogen and oxygen atoms in total. The second kappa shape index (κ2) is 19.1. The third-order valence-corrected chi connectivity index (χ3v) is 15.8. The number of anilines is 2. The van der Waals surface area contributed by atoms with Crippen LogP contribution in [0.5, 0.6) is 0 Å². The lowest BCUT2D eigenvalue weighted by molar-refractivity contribution is -0.163. The molecule has 0 aromatic heterocycles. The molecule has 0 aliphatic carbocycles. The number of nitrogens with zero attached hydrogens (tertiary/aromatic N) is 2. The Kier molecular flexibility index (Phi) is 13.9. The van der Waals surface area contributed by atoms with Crippen molar-refractivity contribution in [1.29, 1.82) is 0 Å². The van der Waals surface area contributed by atoms with Gasteiger partial charge in [0.15, 0.2) is 0 Å². The standard InChI is InChI=1S/C44H50N6O14S2/c1-17-31(29(19(3)51)43(61)62)48-32(35(17)65-25-13-27(45-15-25)37(53)46-23-9-5-7-21(11-23)41(57)58)40(56)49-16-26(14-28(49)38(54)47-24-10-6-8-22(12-24)42(59)60)66-36-18(2)33-30(20(4)52)39(55)50(33)34(36)44(63)64/h5-12,17-20,25-31,33,45,48,51-52H,13-16H2,1-4H3,(H,46,53)(H,47,54)(H,57,58)(H,59,60)(H,61,62)(H,63,64)/t17-,18-,19?,20-,25+,26+,27+,28+,29-,30-,31-,33-/m1/s1. The summed E-state index contributed by atoms with van der Waals surface area (Å²) in [6.07, 6.45) is -2.19. The van der Waals surface area contributed by atoms with Gasteiger partial charge in [-0.05, 0) is 63.1 Å². The number of fused-ring (bicyclic) bond motifs is 1. The fourth-order valence-corrected chi connectivity index (χ4v) is 12.6. The number of rotatable bonds is 16. The molecule has 4 amide bonds. The van der Waals surface area contributed by atoms with Crippen LogP contribution in [0.4, 0.5) is 11.4 Å². The van der Waals surface area contributed by atoms with Crippen molar-refractivity contribution < 1.29 is 69.0 Å². The van der Waals surface area contributed by atoms with Gasteiger partial charge in [0, 0.05) is 62.7 Å². The number of hydrogen-bond acceptors (Lipinski definition) is 14. The zero-order valence-corrected chi connectivity index (χ0v) is 37.7. The van der Waals surface area contributed by atoms with Crippen LogP contribution in [0.3, 0.4) is 0 Å². The van der Waals surface area contributed by atoms with Crippen LogP contribution in [-0.2, 0) is 28.8 Å². The quantitative estimate of drug-likeness (QED) is 0.107. The number of thioether (sulfide) groups is 2. The minimum atomic E-state index is -1.39. The third-order valence-electron chi connectivity index (χ3n) is 12.8. The number of amides is 4. The summed E-state index contributed by atoms with van der Waals surface area (Å²) in [5.41, 5.74) is 0.00000877. The van der Waals surface area contributed by atoms with Crippen LogP contribution >= 0.6 is 23.5 Å². The Morgan fingerprint density at radius 1 is 0.773 bits per heavy atom. The molecule has 352 valence electrons. The molecule has 12 atom stereocenters. The molecular formula is C44H50N6O14S2. The molecule has 7 rings (SSSR count). The SMILES string of the molecule is CC(O)[C@@H](C(=O)O)[C@@H]1NC(C(=O)N2C[C@@H](SC3=C(C(=O)O)N4C(=O)[C@H]([C@@H](C)O)[C@H]4[C@H]3C)C[C@H]2C(=O)Nc2cccc(C(=O)O)c2)=C(S[C@@H]2CN[C@H](C(=O)Nc3cccc(C(=O)O)c3)C2)[C@@H]1C. The van der Waals surface area contributed by atoms with Crippen molar-refractivity contribution in [3.63, 3.8) is 0 Å². The summed E-state index contributed by atoms with van der Waals surface area (Å²) < 4.78 is 0. The van der Waals surface area contributed by atoms with E-state index in [9.17, 15) is 64.2 Å². The summed E-state index contributed by atoms with van der Waals surface area (Å²) in [5.74, 6) is -10.9. The van der Waals surface area contributed by atoms with Gasteiger partial charge in [-0.25, -0.2) is 14.4 Å². The van der Waals surface area contributed by atoms with Gasteiger partial charge in [-0.2, -0.15) is 0 Å². The number of aliphatic carboxylic acids is 2. The van der Waals surface area contributed by atoms with E-state index in [0.29, 0.717) is 9.81 Å². The lowest BCUT2D eigenvalue weighted by atomic mass is 9.79. The molecule has 0 spiro atoms. The minimum Gasteiger partial charge on any atom is -0.481 e. The van der Waals surface area contributed by atoms with Gasteiger partial charge in [0.1, 0.15) is 23.4 Å². The van der Waals surface area contributed by atoms with Crippen LogP contribution in [0.1, 0.15) is 61.3 Å². The number of aliphatic hydroxyl groups is 2. The Balaban J connectivity index is 1.20. The van der Waals surface area contributed by atoms with E-state index < -0.39 is 113 Å². The van der Waals surface area contributed by atoms with Gasteiger partial charge in [-0.15, -0.1) is 23.5 Å². The number of benzene rings is 2. The van der Waals surface area contributed by atoms with Crippen molar-refractivity contribution in [2.45, 2.75) is 87.4 Å². The lowest BCUT2D eigenvalue weighted by Crippen LogP contribution is -2.63. The van der Waals surface area contributed by atoms with Gasteiger partial charge in [-0.3, -0.25) is 24.0 Å². The van der Waals surface area contributed by atoms with Gasteiger partial charge >= 0.3 is 23.9 Å². The molecule has 0 saturated carbocycles. The predicted octanol–water partition coefficient (Wildman–Crippen LogP) is 1.88. The molecule has 22 heteroatoms. The monoisotopic (exact) mass is 950 g/mol. The first kappa shape index (κ1) is 48.0. The summed E-state index contributed by atoms with van der Waals surface area (Å²) in [7, 11) is 0. The number of aliphatic hydroxyl groups excluding tert-OH is 2. The fourth-order valence-electron chi connectivity index (χ4n) is 9.59. The largest absolute Gasteiger partial charge is 0.481 e. The van der Waals surface area contributed by atoms with E-state index in [1.54, 1.807) is 19.9 Å². The van der Waals surface area contributed by atoms with Crippen LogP contribution in [0, 0.1) is 23.7 Å².